The fraction of sp³-hybridized carbons (Fsp3) is 0.278. The molecule has 5 atom stereocenters. The van der Waals surface area contributed by atoms with E-state index in [1.807, 2.05) is 79.7 Å². The molecule has 5 nitrogen and oxygen atoms in total. The van der Waals surface area contributed by atoms with E-state index in [9.17, 15) is 0 Å². The summed E-state index contributed by atoms with van der Waals surface area (Å²) < 4.78 is 32.8. The standard InChI is InChI=1S/C36H38O5S/c1-27(2)40-35-34(39-25-30-19-11-5-12-20-30)33(38-24-29-17-9-4-10-18-29)32(26-37-23-28-15-7-3-8-16-28)41-36(35)42-31-21-13-6-14-22-31/h3-22,32-36H,1,23-26H2,2H3/t32-,33-,34+,35+,36-/m1/s1. The zero-order valence-corrected chi connectivity index (χ0v) is 24.7. The van der Waals surface area contributed by atoms with E-state index in [1.54, 1.807) is 11.8 Å². The van der Waals surface area contributed by atoms with Crippen LogP contribution in [0.1, 0.15) is 23.6 Å². The van der Waals surface area contributed by atoms with Crippen LogP contribution in [0.15, 0.2) is 139 Å². The quantitative estimate of drug-likeness (QED) is 0.141. The van der Waals surface area contributed by atoms with Gasteiger partial charge < -0.3 is 23.7 Å². The molecule has 4 aromatic rings. The highest BCUT2D eigenvalue weighted by molar-refractivity contribution is 7.99. The lowest BCUT2D eigenvalue weighted by Crippen LogP contribution is -2.60. The van der Waals surface area contributed by atoms with E-state index in [0.29, 0.717) is 32.2 Å². The van der Waals surface area contributed by atoms with E-state index >= 15 is 0 Å². The molecule has 42 heavy (non-hydrogen) atoms. The van der Waals surface area contributed by atoms with E-state index in [2.05, 4.69) is 55.1 Å². The monoisotopic (exact) mass is 582 g/mol. The average molecular weight is 583 g/mol. The Bertz CT molecular complexity index is 1340. The molecular formula is C36H38O5S. The molecular weight excluding hydrogens is 544 g/mol. The summed E-state index contributed by atoms with van der Waals surface area (Å²) in [5, 5.41) is 0. The second-order valence-electron chi connectivity index (χ2n) is 10.3. The van der Waals surface area contributed by atoms with E-state index in [4.69, 9.17) is 23.7 Å². The van der Waals surface area contributed by atoms with Crippen LogP contribution in [0.2, 0.25) is 0 Å². The molecule has 0 aromatic heterocycles. The summed E-state index contributed by atoms with van der Waals surface area (Å²) in [6.45, 7) is 7.54. The molecule has 0 radical (unpaired) electrons. The van der Waals surface area contributed by atoms with Gasteiger partial charge in [0.1, 0.15) is 23.7 Å². The molecule has 0 bridgehead atoms. The summed E-state index contributed by atoms with van der Waals surface area (Å²) in [5.41, 5.74) is 2.86. The van der Waals surface area contributed by atoms with E-state index in [1.165, 1.54) is 0 Å². The third-order valence-electron chi connectivity index (χ3n) is 6.89. The number of benzene rings is 4. The topological polar surface area (TPSA) is 46.2 Å². The van der Waals surface area contributed by atoms with Crippen molar-refractivity contribution >= 4 is 11.8 Å². The Morgan fingerprint density at radius 3 is 1.64 bits per heavy atom. The number of hydrogen-bond donors (Lipinski definition) is 0. The smallest absolute Gasteiger partial charge is 0.163 e. The predicted molar refractivity (Wildman–Crippen MR) is 167 cm³/mol. The third kappa shape index (κ3) is 8.81. The lowest BCUT2D eigenvalue weighted by Gasteiger charge is -2.46. The van der Waals surface area contributed by atoms with Crippen LogP contribution >= 0.6 is 11.8 Å². The van der Waals surface area contributed by atoms with Gasteiger partial charge in [-0.15, -0.1) is 0 Å². The molecule has 1 aliphatic heterocycles. The van der Waals surface area contributed by atoms with Crippen LogP contribution < -0.4 is 0 Å². The Labute approximate surface area is 253 Å². The van der Waals surface area contributed by atoms with Crippen LogP contribution in [0, 0.1) is 0 Å². The minimum atomic E-state index is -0.470. The lowest BCUT2D eigenvalue weighted by atomic mass is 9.99. The second-order valence-corrected chi connectivity index (χ2v) is 11.5. The maximum atomic E-state index is 6.79. The van der Waals surface area contributed by atoms with Crippen LogP contribution in [0.5, 0.6) is 0 Å². The van der Waals surface area contributed by atoms with Gasteiger partial charge >= 0.3 is 0 Å². The van der Waals surface area contributed by atoms with Crippen molar-refractivity contribution in [3.8, 4) is 0 Å². The van der Waals surface area contributed by atoms with Gasteiger partial charge in [0, 0.05) is 4.90 Å². The van der Waals surface area contributed by atoms with E-state index in [0.717, 1.165) is 21.6 Å². The number of rotatable bonds is 14. The number of hydrogen-bond acceptors (Lipinski definition) is 6. The first-order valence-electron chi connectivity index (χ1n) is 14.3. The van der Waals surface area contributed by atoms with Gasteiger partial charge in [0.25, 0.3) is 0 Å². The van der Waals surface area contributed by atoms with Crippen molar-refractivity contribution in [2.24, 2.45) is 0 Å². The molecule has 0 aliphatic carbocycles. The molecule has 4 aromatic carbocycles. The Balaban J connectivity index is 1.44. The average Bonchev–Trinajstić information content (AvgIpc) is 3.02. The zero-order valence-electron chi connectivity index (χ0n) is 23.9. The summed E-state index contributed by atoms with van der Waals surface area (Å²) in [4.78, 5) is 1.08. The van der Waals surface area contributed by atoms with Crippen molar-refractivity contribution in [1.29, 1.82) is 0 Å². The predicted octanol–water partition coefficient (Wildman–Crippen LogP) is 7.81. The number of ether oxygens (including phenoxy) is 5. The summed E-state index contributed by atoms with van der Waals surface area (Å²) >= 11 is 1.61. The first-order valence-corrected chi connectivity index (χ1v) is 15.2. The first kappa shape index (κ1) is 30.1. The van der Waals surface area contributed by atoms with Gasteiger partial charge in [0.15, 0.2) is 6.10 Å². The molecule has 1 heterocycles. The minimum absolute atomic E-state index is 0.338. The highest BCUT2D eigenvalue weighted by Crippen LogP contribution is 2.38. The highest BCUT2D eigenvalue weighted by Gasteiger charge is 2.49. The molecule has 1 aliphatic rings. The second kappa shape index (κ2) is 15.7. The van der Waals surface area contributed by atoms with Crippen LogP contribution in [-0.2, 0) is 43.5 Å². The van der Waals surface area contributed by atoms with Crippen molar-refractivity contribution < 1.29 is 23.7 Å². The molecule has 5 rings (SSSR count). The Morgan fingerprint density at radius 1 is 0.643 bits per heavy atom. The molecule has 1 fully saturated rings. The minimum Gasteiger partial charge on any atom is -0.489 e. The third-order valence-corrected chi connectivity index (χ3v) is 8.04. The molecule has 0 N–H and O–H groups in total. The summed E-state index contributed by atoms with van der Waals surface area (Å²) in [5.74, 6) is 0.594. The van der Waals surface area contributed by atoms with Crippen molar-refractivity contribution in [3.05, 3.63) is 150 Å². The molecule has 1 saturated heterocycles. The fourth-order valence-corrected chi connectivity index (χ4v) is 6.02. The van der Waals surface area contributed by atoms with Crippen molar-refractivity contribution in [2.75, 3.05) is 6.61 Å². The largest absolute Gasteiger partial charge is 0.489 e. The Morgan fingerprint density at radius 2 is 1.12 bits per heavy atom. The summed E-state index contributed by atoms with van der Waals surface area (Å²) in [6.07, 6.45) is -1.78. The van der Waals surface area contributed by atoms with E-state index in [-0.39, 0.29) is 5.44 Å². The van der Waals surface area contributed by atoms with Gasteiger partial charge in [-0.25, -0.2) is 0 Å². The zero-order chi connectivity index (χ0) is 29.0. The Kier molecular flexibility index (Phi) is 11.3. The summed E-state index contributed by atoms with van der Waals surface area (Å²) in [7, 11) is 0. The van der Waals surface area contributed by atoms with Crippen molar-refractivity contribution in [3.63, 3.8) is 0 Å². The normalized spacial score (nSPS) is 22.0. The van der Waals surface area contributed by atoms with Gasteiger partial charge in [0.05, 0.1) is 32.2 Å². The molecule has 0 saturated carbocycles. The first-order chi connectivity index (χ1) is 20.7. The molecule has 6 heteroatoms. The van der Waals surface area contributed by atoms with E-state index < -0.39 is 24.4 Å². The van der Waals surface area contributed by atoms with Gasteiger partial charge in [-0.1, -0.05) is 128 Å². The fourth-order valence-electron chi connectivity index (χ4n) is 4.89. The lowest BCUT2D eigenvalue weighted by molar-refractivity contribution is -0.246. The molecule has 0 spiro atoms. The van der Waals surface area contributed by atoms with Crippen LogP contribution in [0.25, 0.3) is 0 Å². The van der Waals surface area contributed by atoms with Gasteiger partial charge in [-0.2, -0.15) is 0 Å². The SMILES string of the molecule is C=C(C)O[C@H]1[C@@H](OCc2ccccc2)[C@H](OCc2ccccc2)[C@@H](COCc2ccccc2)O[C@@H]1Sc1ccccc1. The number of thioether (sulfide) groups is 1. The summed E-state index contributed by atoms with van der Waals surface area (Å²) in [6, 6.07) is 40.6. The maximum Gasteiger partial charge on any atom is 0.163 e. The van der Waals surface area contributed by atoms with Crippen LogP contribution in [0.3, 0.4) is 0 Å². The Hall–Kier alpha value is -3.39. The number of allylic oxidation sites excluding steroid dienone is 1. The van der Waals surface area contributed by atoms with Gasteiger partial charge in [-0.3, -0.25) is 0 Å². The molecule has 0 amide bonds. The maximum absolute atomic E-state index is 6.79. The van der Waals surface area contributed by atoms with Gasteiger partial charge in [-0.05, 0) is 35.7 Å². The highest BCUT2D eigenvalue weighted by atomic mass is 32.2. The van der Waals surface area contributed by atoms with Crippen LogP contribution in [-0.4, -0.2) is 36.5 Å². The molecule has 0 unspecified atom stereocenters. The van der Waals surface area contributed by atoms with Crippen LogP contribution in [0.4, 0.5) is 0 Å². The molecule has 218 valence electrons. The van der Waals surface area contributed by atoms with Gasteiger partial charge in [0.2, 0.25) is 0 Å². The van der Waals surface area contributed by atoms with Crippen molar-refractivity contribution in [1.82, 2.24) is 0 Å². The van der Waals surface area contributed by atoms with Crippen molar-refractivity contribution in [2.45, 2.75) is 61.5 Å².